The van der Waals surface area contributed by atoms with Crippen molar-refractivity contribution in [2.75, 3.05) is 5.75 Å². The van der Waals surface area contributed by atoms with Crippen molar-refractivity contribution in [3.63, 3.8) is 0 Å². The highest BCUT2D eigenvalue weighted by Gasteiger charge is 2.07. The van der Waals surface area contributed by atoms with E-state index in [2.05, 4.69) is 59.3 Å². The lowest BCUT2D eigenvalue weighted by Crippen LogP contribution is -2.25. The SMILES string of the molecule is Cc1cccc(SCC(N)Cc2ccc(Br)s2)c1. The number of aryl methyl sites for hydroxylation is 1. The Morgan fingerprint density at radius 1 is 1.33 bits per heavy atom. The smallest absolute Gasteiger partial charge is 0.0701 e. The standard InChI is InChI=1S/C14H16BrNS2/c1-10-3-2-4-12(7-10)17-9-11(16)8-13-5-6-14(15)18-13/h2-7,11H,8-9,16H2,1H3. The summed E-state index contributed by atoms with van der Waals surface area (Å²) >= 11 is 7.08. The fourth-order valence-corrected chi connectivity index (χ4v) is 4.23. The minimum absolute atomic E-state index is 0.209. The van der Waals surface area contributed by atoms with E-state index in [0.29, 0.717) is 0 Å². The predicted octanol–water partition coefficient (Wildman–Crippen LogP) is 4.48. The third-order valence-corrected chi connectivity index (χ3v) is 5.37. The maximum Gasteiger partial charge on any atom is 0.0701 e. The lowest BCUT2D eigenvalue weighted by molar-refractivity contribution is 0.757. The molecule has 0 saturated heterocycles. The van der Waals surface area contributed by atoms with Crippen LogP contribution in [-0.4, -0.2) is 11.8 Å². The van der Waals surface area contributed by atoms with E-state index in [4.69, 9.17) is 5.73 Å². The molecule has 1 aromatic heterocycles. The zero-order valence-electron chi connectivity index (χ0n) is 10.2. The lowest BCUT2D eigenvalue weighted by atomic mass is 10.2. The van der Waals surface area contributed by atoms with Crippen LogP contribution in [0, 0.1) is 6.92 Å². The van der Waals surface area contributed by atoms with E-state index in [0.717, 1.165) is 12.2 Å². The Morgan fingerprint density at radius 3 is 2.83 bits per heavy atom. The highest BCUT2D eigenvalue weighted by Crippen LogP contribution is 2.24. The van der Waals surface area contributed by atoms with Gasteiger partial charge >= 0.3 is 0 Å². The molecule has 0 amide bonds. The van der Waals surface area contributed by atoms with Crippen LogP contribution >= 0.6 is 39.0 Å². The van der Waals surface area contributed by atoms with E-state index in [1.54, 1.807) is 11.3 Å². The summed E-state index contributed by atoms with van der Waals surface area (Å²) in [6.45, 7) is 2.12. The number of hydrogen-bond acceptors (Lipinski definition) is 3. The molecule has 0 aliphatic heterocycles. The molecule has 4 heteroatoms. The molecule has 2 rings (SSSR count). The third-order valence-electron chi connectivity index (χ3n) is 2.55. The first-order chi connectivity index (χ1) is 8.63. The number of hydrogen-bond donors (Lipinski definition) is 1. The molecular formula is C14H16BrNS2. The van der Waals surface area contributed by atoms with E-state index < -0.39 is 0 Å². The molecule has 1 heterocycles. The second kappa shape index (κ2) is 6.75. The molecule has 1 atom stereocenters. The normalized spacial score (nSPS) is 12.6. The van der Waals surface area contributed by atoms with Crippen LogP contribution < -0.4 is 5.73 Å². The van der Waals surface area contributed by atoms with E-state index in [-0.39, 0.29) is 6.04 Å². The zero-order chi connectivity index (χ0) is 13.0. The van der Waals surface area contributed by atoms with Crippen molar-refractivity contribution in [3.05, 3.63) is 50.6 Å². The minimum atomic E-state index is 0.209. The second-order valence-corrected chi connectivity index (χ2v) is 7.94. The number of benzene rings is 1. The molecule has 96 valence electrons. The molecule has 0 bridgehead atoms. The highest BCUT2D eigenvalue weighted by atomic mass is 79.9. The van der Waals surface area contributed by atoms with Crippen molar-refractivity contribution >= 4 is 39.0 Å². The van der Waals surface area contributed by atoms with Crippen LogP contribution in [0.5, 0.6) is 0 Å². The number of halogens is 1. The Balaban J connectivity index is 1.83. The average molecular weight is 342 g/mol. The molecule has 1 unspecified atom stereocenters. The summed E-state index contributed by atoms with van der Waals surface area (Å²) in [7, 11) is 0. The first-order valence-corrected chi connectivity index (χ1v) is 8.42. The van der Waals surface area contributed by atoms with Crippen molar-refractivity contribution in [3.8, 4) is 0 Å². The molecule has 0 saturated carbocycles. The van der Waals surface area contributed by atoms with Gasteiger partial charge < -0.3 is 5.73 Å². The van der Waals surface area contributed by atoms with E-state index in [1.165, 1.54) is 19.1 Å². The summed E-state index contributed by atoms with van der Waals surface area (Å²) in [4.78, 5) is 2.65. The summed E-state index contributed by atoms with van der Waals surface area (Å²) in [5.41, 5.74) is 7.47. The summed E-state index contributed by atoms with van der Waals surface area (Å²) in [5, 5.41) is 0. The van der Waals surface area contributed by atoms with Gasteiger partial charge in [-0.3, -0.25) is 0 Å². The molecule has 0 fully saturated rings. The van der Waals surface area contributed by atoms with Gasteiger partial charge in [0.1, 0.15) is 0 Å². The number of thiophene rings is 1. The summed E-state index contributed by atoms with van der Waals surface area (Å²) < 4.78 is 1.18. The van der Waals surface area contributed by atoms with Gasteiger partial charge in [0.15, 0.2) is 0 Å². The van der Waals surface area contributed by atoms with Crippen LogP contribution in [0.1, 0.15) is 10.4 Å². The molecule has 2 aromatic rings. The van der Waals surface area contributed by atoms with E-state index in [9.17, 15) is 0 Å². The Bertz CT molecular complexity index is 510. The van der Waals surface area contributed by atoms with Crippen molar-refractivity contribution in [1.82, 2.24) is 0 Å². The Morgan fingerprint density at radius 2 is 2.17 bits per heavy atom. The molecule has 18 heavy (non-hydrogen) atoms. The largest absolute Gasteiger partial charge is 0.327 e. The van der Waals surface area contributed by atoms with Crippen LogP contribution in [0.25, 0.3) is 0 Å². The van der Waals surface area contributed by atoms with Gasteiger partial charge in [0.05, 0.1) is 3.79 Å². The van der Waals surface area contributed by atoms with Gasteiger partial charge in [0.25, 0.3) is 0 Å². The van der Waals surface area contributed by atoms with Crippen LogP contribution in [0.3, 0.4) is 0 Å². The van der Waals surface area contributed by atoms with Gasteiger partial charge in [0, 0.05) is 21.6 Å². The Kier molecular flexibility index (Phi) is 5.30. The minimum Gasteiger partial charge on any atom is -0.327 e. The predicted molar refractivity (Wildman–Crippen MR) is 85.6 cm³/mol. The highest BCUT2D eigenvalue weighted by molar-refractivity contribution is 9.11. The fraction of sp³-hybridized carbons (Fsp3) is 0.286. The molecular weight excluding hydrogens is 326 g/mol. The van der Waals surface area contributed by atoms with Crippen LogP contribution in [0.2, 0.25) is 0 Å². The summed E-state index contributed by atoms with van der Waals surface area (Å²) in [5.74, 6) is 0.957. The number of thioether (sulfide) groups is 1. The third kappa shape index (κ3) is 4.43. The molecule has 0 spiro atoms. The van der Waals surface area contributed by atoms with Crippen LogP contribution in [-0.2, 0) is 6.42 Å². The summed E-state index contributed by atoms with van der Waals surface area (Å²) in [6.07, 6.45) is 0.953. The van der Waals surface area contributed by atoms with Gasteiger partial charge in [-0.1, -0.05) is 17.7 Å². The zero-order valence-corrected chi connectivity index (χ0v) is 13.4. The number of rotatable bonds is 5. The van der Waals surface area contributed by atoms with Gasteiger partial charge in [-0.15, -0.1) is 23.1 Å². The molecule has 2 N–H and O–H groups in total. The summed E-state index contributed by atoms with van der Waals surface area (Å²) in [6, 6.07) is 13.0. The quantitative estimate of drug-likeness (QED) is 0.811. The monoisotopic (exact) mass is 341 g/mol. The molecule has 1 nitrogen and oxygen atoms in total. The Hall–Kier alpha value is -0.290. The Labute approximate surface area is 125 Å². The van der Waals surface area contributed by atoms with Crippen LogP contribution in [0.4, 0.5) is 0 Å². The molecule has 0 aliphatic rings. The molecule has 0 radical (unpaired) electrons. The maximum atomic E-state index is 6.17. The first-order valence-electron chi connectivity index (χ1n) is 5.83. The van der Waals surface area contributed by atoms with Crippen LogP contribution in [0.15, 0.2) is 45.1 Å². The van der Waals surface area contributed by atoms with Crippen molar-refractivity contribution in [1.29, 1.82) is 0 Å². The lowest BCUT2D eigenvalue weighted by Gasteiger charge is -2.10. The van der Waals surface area contributed by atoms with E-state index in [1.807, 2.05) is 11.8 Å². The van der Waals surface area contributed by atoms with Crippen molar-refractivity contribution in [2.45, 2.75) is 24.3 Å². The van der Waals surface area contributed by atoms with Gasteiger partial charge in [-0.05, 0) is 53.5 Å². The van der Waals surface area contributed by atoms with Gasteiger partial charge in [-0.2, -0.15) is 0 Å². The van der Waals surface area contributed by atoms with Gasteiger partial charge in [-0.25, -0.2) is 0 Å². The maximum absolute atomic E-state index is 6.17. The number of nitrogens with two attached hydrogens (primary N) is 1. The molecule has 0 aliphatic carbocycles. The van der Waals surface area contributed by atoms with Crippen molar-refractivity contribution < 1.29 is 0 Å². The topological polar surface area (TPSA) is 26.0 Å². The fourth-order valence-electron chi connectivity index (χ4n) is 1.69. The second-order valence-electron chi connectivity index (χ2n) is 4.30. The molecule has 1 aromatic carbocycles. The van der Waals surface area contributed by atoms with Gasteiger partial charge in [0.2, 0.25) is 0 Å². The first kappa shape index (κ1) is 14.1. The van der Waals surface area contributed by atoms with E-state index >= 15 is 0 Å². The van der Waals surface area contributed by atoms with Crippen molar-refractivity contribution in [2.24, 2.45) is 5.73 Å². The average Bonchev–Trinajstić information content (AvgIpc) is 2.72.